The van der Waals surface area contributed by atoms with E-state index in [9.17, 15) is 4.79 Å². The zero-order valence-corrected chi connectivity index (χ0v) is 19.5. The summed E-state index contributed by atoms with van der Waals surface area (Å²) in [6, 6.07) is 18.4. The first kappa shape index (κ1) is 23.8. The fourth-order valence-corrected chi connectivity index (χ4v) is 3.51. The molecule has 3 rings (SSSR count). The van der Waals surface area contributed by atoms with E-state index in [4.69, 9.17) is 37.4 Å². The second-order valence-corrected chi connectivity index (χ2v) is 7.68. The van der Waals surface area contributed by atoms with Crippen LogP contribution < -0.4 is 14.8 Å². The van der Waals surface area contributed by atoms with Crippen LogP contribution in [0.1, 0.15) is 35.3 Å². The first-order valence-corrected chi connectivity index (χ1v) is 11.1. The Kier molecular flexibility index (Phi) is 8.65. The number of hydrogen-bond donors (Lipinski definition) is 1. The summed E-state index contributed by atoms with van der Waals surface area (Å²) in [6.07, 6.45) is 0. The molecular formula is C25H25Cl2NO4. The Balaban J connectivity index is 1.69. The van der Waals surface area contributed by atoms with Gasteiger partial charge >= 0.3 is 5.97 Å². The van der Waals surface area contributed by atoms with Crippen LogP contribution in [-0.2, 0) is 17.9 Å². The van der Waals surface area contributed by atoms with Gasteiger partial charge in [-0.3, -0.25) is 0 Å². The molecule has 0 saturated carbocycles. The van der Waals surface area contributed by atoms with Gasteiger partial charge in [0.25, 0.3) is 0 Å². The zero-order valence-electron chi connectivity index (χ0n) is 18.0. The van der Waals surface area contributed by atoms with E-state index < -0.39 is 0 Å². The lowest BCUT2D eigenvalue weighted by molar-refractivity contribution is 0.0526. The highest BCUT2D eigenvalue weighted by Gasteiger charge is 2.14. The maximum Gasteiger partial charge on any atom is 0.338 e. The van der Waals surface area contributed by atoms with Crippen molar-refractivity contribution in [2.75, 3.05) is 18.5 Å². The molecule has 0 heterocycles. The van der Waals surface area contributed by atoms with E-state index >= 15 is 0 Å². The summed E-state index contributed by atoms with van der Waals surface area (Å²) in [6.45, 7) is 5.31. The Bertz CT molecular complexity index is 1050. The minimum atomic E-state index is -0.334. The largest absolute Gasteiger partial charge is 0.490 e. The van der Waals surface area contributed by atoms with Gasteiger partial charge in [0, 0.05) is 22.8 Å². The third kappa shape index (κ3) is 6.31. The van der Waals surface area contributed by atoms with E-state index in [1.165, 1.54) is 0 Å². The molecule has 0 amide bonds. The lowest BCUT2D eigenvalue weighted by atomic mass is 10.1. The van der Waals surface area contributed by atoms with Crippen LogP contribution in [0.3, 0.4) is 0 Å². The van der Waals surface area contributed by atoms with Crippen molar-refractivity contribution >= 4 is 34.9 Å². The van der Waals surface area contributed by atoms with Gasteiger partial charge in [-0.25, -0.2) is 4.79 Å². The van der Waals surface area contributed by atoms with Gasteiger partial charge in [-0.05, 0) is 61.9 Å². The van der Waals surface area contributed by atoms with Crippen molar-refractivity contribution in [3.63, 3.8) is 0 Å². The highest BCUT2D eigenvalue weighted by atomic mass is 35.5. The van der Waals surface area contributed by atoms with Crippen LogP contribution in [0, 0.1) is 0 Å². The monoisotopic (exact) mass is 473 g/mol. The fourth-order valence-electron chi connectivity index (χ4n) is 3.03. The first-order chi connectivity index (χ1) is 15.5. The van der Waals surface area contributed by atoms with E-state index in [0.717, 1.165) is 16.8 Å². The number of hydrogen-bond acceptors (Lipinski definition) is 5. The Morgan fingerprint density at radius 2 is 1.66 bits per heavy atom. The summed E-state index contributed by atoms with van der Waals surface area (Å²) in [7, 11) is 0. The highest BCUT2D eigenvalue weighted by molar-refractivity contribution is 6.32. The van der Waals surface area contributed by atoms with Crippen molar-refractivity contribution < 1.29 is 19.0 Å². The summed E-state index contributed by atoms with van der Waals surface area (Å²) in [5.74, 6) is 0.719. The van der Waals surface area contributed by atoms with Crippen molar-refractivity contribution in [1.29, 1.82) is 0 Å². The molecule has 7 heteroatoms. The molecule has 0 aliphatic heterocycles. The third-order valence-electron chi connectivity index (χ3n) is 4.59. The smallest absolute Gasteiger partial charge is 0.338 e. The van der Waals surface area contributed by atoms with Gasteiger partial charge in [0.15, 0.2) is 11.5 Å². The van der Waals surface area contributed by atoms with Gasteiger partial charge in [-0.15, -0.1) is 0 Å². The Hall–Kier alpha value is -2.89. The van der Waals surface area contributed by atoms with Crippen LogP contribution in [0.25, 0.3) is 0 Å². The Morgan fingerprint density at radius 1 is 0.906 bits per heavy atom. The average Bonchev–Trinajstić information content (AvgIpc) is 2.79. The molecule has 168 valence electrons. The zero-order chi connectivity index (χ0) is 22.9. The quantitative estimate of drug-likeness (QED) is 0.329. The highest BCUT2D eigenvalue weighted by Crippen LogP contribution is 2.37. The van der Waals surface area contributed by atoms with Crippen molar-refractivity contribution in [3.8, 4) is 11.5 Å². The molecule has 0 radical (unpaired) electrons. The molecule has 0 spiro atoms. The molecule has 3 aromatic carbocycles. The van der Waals surface area contributed by atoms with Crippen LogP contribution in [0.5, 0.6) is 11.5 Å². The predicted octanol–water partition coefficient (Wildman–Crippen LogP) is 6.76. The first-order valence-electron chi connectivity index (χ1n) is 10.3. The topological polar surface area (TPSA) is 56.8 Å². The summed E-state index contributed by atoms with van der Waals surface area (Å²) in [5, 5.41) is 4.41. The average molecular weight is 474 g/mol. The molecule has 0 aromatic heterocycles. The van der Waals surface area contributed by atoms with Gasteiger partial charge in [0.1, 0.15) is 6.61 Å². The molecule has 5 nitrogen and oxygen atoms in total. The number of esters is 1. The van der Waals surface area contributed by atoms with E-state index in [-0.39, 0.29) is 12.6 Å². The summed E-state index contributed by atoms with van der Waals surface area (Å²) in [4.78, 5) is 11.8. The summed E-state index contributed by atoms with van der Waals surface area (Å²) >= 11 is 12.7. The molecule has 0 unspecified atom stereocenters. The third-order valence-corrected chi connectivity index (χ3v) is 5.24. The molecule has 0 saturated heterocycles. The number of rotatable bonds is 10. The van der Waals surface area contributed by atoms with Crippen LogP contribution in [-0.4, -0.2) is 19.2 Å². The number of ether oxygens (including phenoxy) is 3. The molecule has 0 fully saturated rings. The van der Waals surface area contributed by atoms with Crippen LogP contribution >= 0.6 is 23.2 Å². The number of halogens is 2. The Labute approximate surface area is 198 Å². The van der Waals surface area contributed by atoms with E-state index in [2.05, 4.69) is 5.32 Å². The maximum absolute atomic E-state index is 11.8. The minimum absolute atomic E-state index is 0.282. The van der Waals surface area contributed by atoms with Crippen molar-refractivity contribution in [2.45, 2.75) is 27.0 Å². The summed E-state index contributed by atoms with van der Waals surface area (Å²) < 4.78 is 16.7. The lowest BCUT2D eigenvalue weighted by Gasteiger charge is -2.16. The van der Waals surface area contributed by atoms with Crippen molar-refractivity contribution in [1.82, 2.24) is 0 Å². The molecular weight excluding hydrogens is 449 g/mol. The number of nitrogens with one attached hydrogen (secondary N) is 1. The molecule has 32 heavy (non-hydrogen) atoms. The van der Waals surface area contributed by atoms with Crippen molar-refractivity contribution in [3.05, 3.63) is 87.4 Å². The Morgan fingerprint density at radius 3 is 2.34 bits per heavy atom. The summed E-state index contributed by atoms with van der Waals surface area (Å²) in [5.41, 5.74) is 3.17. The van der Waals surface area contributed by atoms with Gasteiger partial charge in [-0.1, -0.05) is 41.4 Å². The SMILES string of the molecule is CCOC(=O)c1ccc(NCc2cc(Cl)c(OCc3ccccc3Cl)c(OCC)c2)cc1. The molecule has 0 aliphatic rings. The second kappa shape index (κ2) is 11.7. The molecule has 0 aliphatic carbocycles. The van der Waals surface area contributed by atoms with E-state index in [1.807, 2.05) is 55.5 Å². The van der Waals surface area contributed by atoms with E-state index in [1.54, 1.807) is 19.1 Å². The molecule has 0 bridgehead atoms. The second-order valence-electron chi connectivity index (χ2n) is 6.87. The maximum atomic E-state index is 11.8. The number of carbonyl (C=O) groups is 1. The lowest BCUT2D eigenvalue weighted by Crippen LogP contribution is -2.06. The van der Waals surface area contributed by atoms with Gasteiger partial charge in [0.05, 0.1) is 23.8 Å². The number of carbonyl (C=O) groups excluding carboxylic acids is 1. The molecule has 0 atom stereocenters. The van der Waals surface area contributed by atoms with Gasteiger partial charge in [0.2, 0.25) is 0 Å². The minimum Gasteiger partial charge on any atom is -0.490 e. The van der Waals surface area contributed by atoms with Crippen LogP contribution in [0.15, 0.2) is 60.7 Å². The van der Waals surface area contributed by atoms with Gasteiger partial charge < -0.3 is 19.5 Å². The van der Waals surface area contributed by atoms with Crippen LogP contribution in [0.4, 0.5) is 5.69 Å². The molecule has 1 N–H and O–H groups in total. The fraction of sp³-hybridized carbons (Fsp3) is 0.240. The standard InChI is InChI=1S/C25H25Cl2NO4/c1-3-30-23-14-17(15-28-20-11-9-18(10-12-20)25(29)31-4-2)13-22(27)24(23)32-16-19-7-5-6-8-21(19)26/h5-14,28H,3-4,15-16H2,1-2H3. The van der Waals surface area contributed by atoms with Crippen LogP contribution in [0.2, 0.25) is 10.0 Å². The number of benzene rings is 3. The normalized spacial score (nSPS) is 10.5. The van der Waals surface area contributed by atoms with Gasteiger partial charge in [-0.2, -0.15) is 0 Å². The van der Waals surface area contributed by atoms with E-state index in [0.29, 0.717) is 46.9 Å². The molecule has 3 aromatic rings. The predicted molar refractivity (Wildman–Crippen MR) is 128 cm³/mol. The number of anilines is 1. The van der Waals surface area contributed by atoms with Crippen molar-refractivity contribution in [2.24, 2.45) is 0 Å².